The molecular formula is C32H31FO3. The van der Waals surface area contributed by atoms with Crippen LogP contribution < -0.4 is 9.47 Å². The highest BCUT2D eigenvalue weighted by Crippen LogP contribution is 2.28. The molecule has 4 aromatic rings. The number of hydrogen-bond donors (Lipinski definition) is 0. The molecule has 3 nitrogen and oxygen atoms in total. The fourth-order valence-corrected chi connectivity index (χ4v) is 4.00. The summed E-state index contributed by atoms with van der Waals surface area (Å²) in [5, 5.41) is 0. The summed E-state index contributed by atoms with van der Waals surface area (Å²) in [7, 11) is 0. The van der Waals surface area contributed by atoms with Crippen LogP contribution in [0.15, 0.2) is 103 Å². The van der Waals surface area contributed by atoms with Gasteiger partial charge in [0, 0.05) is 12.5 Å². The van der Waals surface area contributed by atoms with Crippen LogP contribution in [0.5, 0.6) is 11.5 Å². The number of benzene rings is 4. The zero-order chi connectivity index (χ0) is 25.0. The van der Waals surface area contributed by atoms with Gasteiger partial charge < -0.3 is 9.47 Å². The second-order valence-corrected chi connectivity index (χ2v) is 8.82. The van der Waals surface area contributed by atoms with Gasteiger partial charge in [0.05, 0.1) is 5.56 Å². The maximum absolute atomic E-state index is 13.1. The molecule has 0 unspecified atom stereocenters. The van der Waals surface area contributed by atoms with E-state index in [2.05, 4.69) is 0 Å². The summed E-state index contributed by atoms with van der Waals surface area (Å²) in [4.78, 5) is 13.1. The average molecular weight is 483 g/mol. The van der Waals surface area contributed by atoms with E-state index in [-0.39, 0.29) is 11.6 Å². The Hall–Kier alpha value is -3.92. The van der Waals surface area contributed by atoms with E-state index in [0.717, 1.165) is 42.4 Å². The molecule has 36 heavy (non-hydrogen) atoms. The smallest absolute Gasteiger partial charge is 0.166 e. The predicted octanol–water partition coefficient (Wildman–Crippen LogP) is 7.97. The third-order valence-corrected chi connectivity index (χ3v) is 6.02. The fourth-order valence-electron chi connectivity index (χ4n) is 4.00. The number of carbonyl (C=O) groups is 1. The number of hydrogen-bond acceptors (Lipinski definition) is 3. The Morgan fingerprint density at radius 1 is 0.639 bits per heavy atom. The number of rotatable bonds is 13. The van der Waals surface area contributed by atoms with Crippen LogP contribution in [0.1, 0.15) is 52.7 Å². The monoisotopic (exact) mass is 482 g/mol. The van der Waals surface area contributed by atoms with Crippen molar-refractivity contribution in [3.8, 4) is 11.5 Å². The second-order valence-electron chi connectivity index (χ2n) is 8.82. The Morgan fingerprint density at radius 3 is 1.94 bits per heavy atom. The number of aryl methyl sites for hydroxylation is 1. The molecule has 0 aliphatic carbocycles. The summed E-state index contributed by atoms with van der Waals surface area (Å²) < 4.78 is 25.1. The number of ketones is 1. The highest BCUT2D eigenvalue weighted by Gasteiger charge is 2.14. The van der Waals surface area contributed by atoms with Crippen molar-refractivity contribution >= 4 is 5.78 Å². The van der Waals surface area contributed by atoms with Crippen molar-refractivity contribution in [2.24, 2.45) is 0 Å². The largest absolute Gasteiger partial charge is 0.489 e. The standard InChI is InChI=1S/C32H31FO3/c33-28-18-16-25(17-19-28)10-4-3-9-15-31(34)30-21-20-29(35-23-26-11-5-1-6-12-26)22-32(30)36-24-27-13-7-2-8-14-27/h1-2,5-8,11-14,16-22H,3-4,9-10,15,23-24H2. The van der Waals surface area contributed by atoms with Crippen molar-refractivity contribution in [3.63, 3.8) is 0 Å². The average Bonchev–Trinajstić information content (AvgIpc) is 2.92. The lowest BCUT2D eigenvalue weighted by Crippen LogP contribution is -2.05. The normalized spacial score (nSPS) is 10.7. The van der Waals surface area contributed by atoms with Gasteiger partial charge in [-0.15, -0.1) is 0 Å². The molecule has 0 radical (unpaired) electrons. The van der Waals surface area contributed by atoms with Crippen LogP contribution in [0, 0.1) is 5.82 Å². The fraction of sp³-hybridized carbons (Fsp3) is 0.219. The maximum Gasteiger partial charge on any atom is 0.166 e. The molecule has 0 atom stereocenters. The van der Waals surface area contributed by atoms with Crippen molar-refractivity contribution in [1.29, 1.82) is 0 Å². The van der Waals surface area contributed by atoms with E-state index < -0.39 is 0 Å². The van der Waals surface area contributed by atoms with Crippen molar-refractivity contribution < 1.29 is 18.7 Å². The molecule has 4 rings (SSSR count). The summed E-state index contributed by atoms with van der Waals surface area (Å²) >= 11 is 0. The number of unbranched alkanes of at least 4 members (excludes halogenated alkanes) is 2. The first-order valence-electron chi connectivity index (χ1n) is 12.4. The van der Waals surface area contributed by atoms with Gasteiger partial charge in [-0.1, -0.05) is 79.2 Å². The Bertz CT molecular complexity index is 1220. The minimum absolute atomic E-state index is 0.0643. The van der Waals surface area contributed by atoms with Gasteiger partial charge in [-0.25, -0.2) is 4.39 Å². The molecule has 4 aromatic carbocycles. The predicted molar refractivity (Wildman–Crippen MR) is 141 cm³/mol. The van der Waals surface area contributed by atoms with Gasteiger partial charge in [-0.05, 0) is 60.2 Å². The summed E-state index contributed by atoms with van der Waals surface area (Å²) in [5.41, 5.74) is 3.80. The molecular weight excluding hydrogens is 451 g/mol. The van der Waals surface area contributed by atoms with Crippen molar-refractivity contribution in [2.45, 2.75) is 45.3 Å². The zero-order valence-corrected chi connectivity index (χ0v) is 20.4. The van der Waals surface area contributed by atoms with E-state index in [4.69, 9.17) is 9.47 Å². The number of ether oxygens (including phenoxy) is 2. The molecule has 0 amide bonds. The molecule has 0 fully saturated rings. The maximum atomic E-state index is 13.1. The molecule has 0 spiro atoms. The summed E-state index contributed by atoms with van der Waals surface area (Å²) in [5.74, 6) is 1.05. The van der Waals surface area contributed by atoms with Crippen LogP contribution in [0.4, 0.5) is 4.39 Å². The van der Waals surface area contributed by atoms with Crippen LogP contribution in [0.2, 0.25) is 0 Å². The van der Waals surface area contributed by atoms with Gasteiger partial charge in [-0.3, -0.25) is 4.79 Å². The van der Waals surface area contributed by atoms with E-state index in [1.54, 1.807) is 0 Å². The Labute approximate surface area is 212 Å². The molecule has 0 aromatic heterocycles. The number of carbonyl (C=O) groups excluding carboxylic acids is 1. The molecule has 0 aliphatic heterocycles. The minimum Gasteiger partial charge on any atom is -0.489 e. The molecule has 0 saturated heterocycles. The Morgan fingerprint density at radius 2 is 1.28 bits per heavy atom. The van der Waals surface area contributed by atoms with E-state index >= 15 is 0 Å². The SMILES string of the molecule is O=C(CCCCCc1ccc(F)cc1)c1ccc(OCc2ccccc2)cc1OCc1ccccc1. The Kier molecular flexibility index (Phi) is 9.26. The molecule has 0 heterocycles. The molecule has 0 N–H and O–H groups in total. The highest BCUT2D eigenvalue weighted by molar-refractivity contribution is 5.98. The van der Waals surface area contributed by atoms with Gasteiger partial charge in [-0.2, -0.15) is 0 Å². The molecule has 4 heteroatoms. The topological polar surface area (TPSA) is 35.5 Å². The van der Waals surface area contributed by atoms with E-state index in [1.807, 2.05) is 91.0 Å². The summed E-state index contributed by atoms with van der Waals surface area (Å²) in [6.45, 7) is 0.821. The molecule has 184 valence electrons. The second kappa shape index (κ2) is 13.2. The molecule has 0 bridgehead atoms. The van der Waals surface area contributed by atoms with Gasteiger partial charge >= 0.3 is 0 Å². The zero-order valence-electron chi connectivity index (χ0n) is 20.4. The number of halogens is 1. The van der Waals surface area contributed by atoms with Crippen LogP contribution in [0.25, 0.3) is 0 Å². The summed E-state index contributed by atoms with van der Waals surface area (Å²) in [6, 6.07) is 31.9. The summed E-state index contributed by atoms with van der Waals surface area (Å²) in [6.07, 6.45) is 4.03. The Balaban J connectivity index is 1.36. The van der Waals surface area contributed by atoms with Crippen molar-refractivity contribution in [1.82, 2.24) is 0 Å². The third kappa shape index (κ3) is 7.81. The van der Waals surface area contributed by atoms with Crippen LogP contribution in [0.3, 0.4) is 0 Å². The lowest BCUT2D eigenvalue weighted by molar-refractivity contribution is 0.0974. The van der Waals surface area contributed by atoms with Gasteiger partial charge in [0.15, 0.2) is 5.78 Å². The van der Waals surface area contributed by atoms with E-state index in [1.165, 1.54) is 12.1 Å². The lowest BCUT2D eigenvalue weighted by atomic mass is 10.0. The van der Waals surface area contributed by atoms with Gasteiger partial charge in [0.2, 0.25) is 0 Å². The van der Waals surface area contributed by atoms with Gasteiger partial charge in [0.25, 0.3) is 0 Å². The quantitative estimate of drug-likeness (QED) is 0.143. The van der Waals surface area contributed by atoms with Crippen LogP contribution in [-0.4, -0.2) is 5.78 Å². The first-order chi connectivity index (χ1) is 17.7. The first-order valence-corrected chi connectivity index (χ1v) is 12.4. The van der Waals surface area contributed by atoms with E-state index in [9.17, 15) is 9.18 Å². The number of Topliss-reactive ketones (excluding diaryl/α,β-unsaturated/α-hetero) is 1. The van der Waals surface area contributed by atoms with Crippen LogP contribution >= 0.6 is 0 Å². The van der Waals surface area contributed by atoms with E-state index in [0.29, 0.717) is 36.7 Å². The van der Waals surface area contributed by atoms with Crippen molar-refractivity contribution in [3.05, 3.63) is 131 Å². The van der Waals surface area contributed by atoms with Crippen LogP contribution in [-0.2, 0) is 19.6 Å². The minimum atomic E-state index is -0.217. The first kappa shape index (κ1) is 25.2. The lowest BCUT2D eigenvalue weighted by Gasteiger charge is -2.14. The van der Waals surface area contributed by atoms with Gasteiger partial charge in [0.1, 0.15) is 30.5 Å². The highest BCUT2D eigenvalue weighted by atomic mass is 19.1. The van der Waals surface area contributed by atoms with Crippen molar-refractivity contribution in [2.75, 3.05) is 0 Å². The molecule has 0 saturated carbocycles. The molecule has 0 aliphatic rings. The third-order valence-electron chi connectivity index (χ3n) is 6.02.